The van der Waals surface area contributed by atoms with Crippen LogP contribution in [0.5, 0.6) is 0 Å². The number of hydrogen-bond acceptors (Lipinski definition) is 3. The molecule has 2 aromatic heterocycles. The van der Waals surface area contributed by atoms with Gasteiger partial charge in [0.05, 0.1) is 11.4 Å². The molecule has 0 atom stereocenters. The lowest BCUT2D eigenvalue weighted by Crippen LogP contribution is -1.99. The van der Waals surface area contributed by atoms with Gasteiger partial charge in [-0.15, -0.1) is 11.3 Å². The maximum absolute atomic E-state index is 5.16. The first-order valence-electron chi connectivity index (χ1n) is 14.7. The fourth-order valence-corrected chi connectivity index (χ4v) is 6.75. The number of fused-ring (bicyclic) bond motifs is 3. The molecule has 0 aliphatic rings. The van der Waals surface area contributed by atoms with E-state index in [1.54, 1.807) is 0 Å². The van der Waals surface area contributed by atoms with Crippen LogP contribution in [-0.2, 0) is 0 Å². The molecule has 0 radical (unpaired) electrons. The van der Waals surface area contributed by atoms with E-state index in [1.807, 2.05) is 53.8 Å². The van der Waals surface area contributed by atoms with E-state index >= 15 is 0 Å². The van der Waals surface area contributed by atoms with Gasteiger partial charge in [-0.25, -0.2) is 9.97 Å². The molecule has 3 heteroatoms. The summed E-state index contributed by atoms with van der Waals surface area (Å²) >= 11 is 1.84. The molecule has 0 fully saturated rings. The molecule has 2 nitrogen and oxygen atoms in total. The number of allylic oxidation sites excluding steroid dienone is 5. The van der Waals surface area contributed by atoms with E-state index in [0.29, 0.717) is 5.82 Å². The third-order valence-corrected chi connectivity index (χ3v) is 9.05. The molecule has 0 unspecified atom stereocenters. The second-order valence-electron chi connectivity index (χ2n) is 10.6. The summed E-state index contributed by atoms with van der Waals surface area (Å²) < 4.78 is 2.60. The molecule has 0 N–H and O–H groups in total. The fraction of sp³-hybridized carbons (Fsp3) is 0.0244. The van der Waals surface area contributed by atoms with Crippen LogP contribution < -0.4 is 0 Å². The summed E-state index contributed by atoms with van der Waals surface area (Å²) in [5.41, 5.74) is 9.26. The van der Waals surface area contributed by atoms with E-state index in [9.17, 15) is 0 Å². The van der Waals surface area contributed by atoms with Crippen molar-refractivity contribution in [2.45, 2.75) is 6.92 Å². The van der Waals surface area contributed by atoms with Gasteiger partial charge in [-0.2, -0.15) is 0 Å². The molecule has 0 aliphatic heterocycles. The highest BCUT2D eigenvalue weighted by Gasteiger charge is 2.16. The van der Waals surface area contributed by atoms with Gasteiger partial charge >= 0.3 is 0 Å². The third-order valence-electron chi connectivity index (χ3n) is 7.89. The summed E-state index contributed by atoms with van der Waals surface area (Å²) in [6, 6.07) is 46.6. The van der Waals surface area contributed by atoms with Crippen molar-refractivity contribution in [2.24, 2.45) is 0 Å². The summed E-state index contributed by atoms with van der Waals surface area (Å²) in [5, 5.41) is 2.58. The molecular formula is C41H30N2S. The Bertz CT molecular complexity index is 2190. The second kappa shape index (κ2) is 12.1. The minimum absolute atomic E-state index is 0.694. The zero-order chi connectivity index (χ0) is 29.9. The number of aromatic nitrogens is 2. The molecule has 210 valence electrons. The van der Waals surface area contributed by atoms with Crippen LogP contribution in [0.3, 0.4) is 0 Å². The van der Waals surface area contributed by atoms with Gasteiger partial charge in [-0.3, -0.25) is 0 Å². The minimum Gasteiger partial charge on any atom is -0.228 e. The highest BCUT2D eigenvalue weighted by molar-refractivity contribution is 7.25. The summed E-state index contributed by atoms with van der Waals surface area (Å²) in [4.78, 5) is 10.3. The number of hydrogen-bond donors (Lipinski definition) is 0. The highest BCUT2D eigenvalue weighted by Crippen LogP contribution is 2.39. The molecule has 0 aliphatic carbocycles. The van der Waals surface area contributed by atoms with Crippen molar-refractivity contribution in [2.75, 3.05) is 0 Å². The molecule has 7 aromatic rings. The van der Waals surface area contributed by atoms with Gasteiger partial charge in [0.25, 0.3) is 0 Å². The number of nitrogens with zero attached hydrogens (tertiary/aromatic N) is 2. The van der Waals surface area contributed by atoms with Crippen molar-refractivity contribution in [1.82, 2.24) is 9.97 Å². The maximum Gasteiger partial charge on any atom is 0.160 e. The summed E-state index contributed by atoms with van der Waals surface area (Å²) in [6.45, 7) is 6.15. The van der Waals surface area contributed by atoms with Gasteiger partial charge in [0.2, 0.25) is 0 Å². The molecule has 7 rings (SSSR count). The van der Waals surface area contributed by atoms with Crippen molar-refractivity contribution >= 4 is 42.7 Å². The molecule has 0 spiro atoms. The van der Waals surface area contributed by atoms with Gasteiger partial charge in [0, 0.05) is 31.3 Å². The normalized spacial score (nSPS) is 12.1. The molecule has 5 aromatic carbocycles. The van der Waals surface area contributed by atoms with Crippen LogP contribution in [0, 0.1) is 0 Å². The molecular weight excluding hydrogens is 553 g/mol. The Morgan fingerprint density at radius 3 is 2.07 bits per heavy atom. The monoisotopic (exact) mass is 582 g/mol. The predicted molar refractivity (Wildman–Crippen MR) is 189 cm³/mol. The Hall–Kier alpha value is -5.38. The topological polar surface area (TPSA) is 25.8 Å². The molecule has 44 heavy (non-hydrogen) atoms. The van der Waals surface area contributed by atoms with Gasteiger partial charge in [0.15, 0.2) is 5.82 Å². The summed E-state index contributed by atoms with van der Waals surface area (Å²) in [6.07, 6.45) is 6.16. The Morgan fingerprint density at radius 1 is 0.614 bits per heavy atom. The Morgan fingerprint density at radius 2 is 1.30 bits per heavy atom. The average molecular weight is 583 g/mol. The van der Waals surface area contributed by atoms with E-state index in [4.69, 9.17) is 9.97 Å². The number of rotatable bonds is 7. The van der Waals surface area contributed by atoms with Crippen molar-refractivity contribution in [3.05, 3.63) is 170 Å². The molecule has 0 saturated heterocycles. The van der Waals surface area contributed by atoms with Gasteiger partial charge < -0.3 is 0 Å². The molecule has 0 bridgehead atoms. The maximum atomic E-state index is 5.16. The first-order valence-corrected chi connectivity index (χ1v) is 15.6. The molecule has 0 saturated carbocycles. The second-order valence-corrected chi connectivity index (χ2v) is 11.7. The van der Waals surface area contributed by atoms with Crippen LogP contribution in [0.25, 0.3) is 65.1 Å². The van der Waals surface area contributed by atoms with E-state index in [0.717, 1.165) is 44.8 Å². The van der Waals surface area contributed by atoms with E-state index < -0.39 is 0 Å². The summed E-state index contributed by atoms with van der Waals surface area (Å²) in [7, 11) is 0. The quantitative estimate of drug-likeness (QED) is 0.175. The Labute approximate surface area is 262 Å². The first-order chi connectivity index (χ1) is 21.7. The third kappa shape index (κ3) is 5.30. The van der Waals surface area contributed by atoms with Gasteiger partial charge in [-0.05, 0) is 65.1 Å². The van der Waals surface area contributed by atoms with E-state index in [-0.39, 0.29) is 0 Å². The average Bonchev–Trinajstić information content (AvgIpc) is 3.47. The molecule has 0 amide bonds. The Kier molecular flexibility index (Phi) is 7.54. The van der Waals surface area contributed by atoms with Crippen LogP contribution in [0.1, 0.15) is 18.2 Å². The van der Waals surface area contributed by atoms with Crippen molar-refractivity contribution in [3.8, 4) is 33.8 Å². The van der Waals surface area contributed by atoms with Crippen molar-refractivity contribution < 1.29 is 0 Å². The van der Waals surface area contributed by atoms with E-state index in [2.05, 4.69) is 123 Å². The van der Waals surface area contributed by atoms with Crippen molar-refractivity contribution in [3.63, 3.8) is 0 Å². The van der Waals surface area contributed by atoms with Gasteiger partial charge in [0.1, 0.15) is 0 Å². The smallest absolute Gasteiger partial charge is 0.160 e. The predicted octanol–water partition coefficient (Wildman–Crippen LogP) is 11.5. The van der Waals surface area contributed by atoms with Crippen LogP contribution in [0.15, 0.2) is 158 Å². The highest BCUT2D eigenvalue weighted by atomic mass is 32.1. The van der Waals surface area contributed by atoms with Crippen LogP contribution >= 0.6 is 11.3 Å². The summed E-state index contributed by atoms with van der Waals surface area (Å²) in [5.74, 6) is 0.694. The lowest BCUT2D eigenvalue weighted by atomic mass is 9.95. The van der Waals surface area contributed by atoms with Crippen LogP contribution in [-0.4, -0.2) is 9.97 Å². The molecule has 2 heterocycles. The van der Waals surface area contributed by atoms with E-state index in [1.165, 1.54) is 25.7 Å². The first kappa shape index (κ1) is 27.5. The number of thiophene rings is 1. The minimum atomic E-state index is 0.694. The fourth-order valence-electron chi connectivity index (χ4n) is 5.66. The van der Waals surface area contributed by atoms with Crippen LogP contribution in [0.2, 0.25) is 0 Å². The largest absolute Gasteiger partial charge is 0.228 e. The zero-order valence-electron chi connectivity index (χ0n) is 24.4. The lowest BCUT2D eigenvalue weighted by molar-refractivity contribution is 1.16. The zero-order valence-corrected chi connectivity index (χ0v) is 25.3. The SMILES string of the molecule is C=C/C(=C\C(=C/C)c1cc(-c2ccccc2-c2ccc3sc4ccccc4c3c2)nc(-c2ccccc2)n1)c1ccccc1. The number of benzene rings is 5. The van der Waals surface area contributed by atoms with Gasteiger partial charge in [-0.1, -0.05) is 128 Å². The lowest BCUT2D eigenvalue weighted by Gasteiger charge is -2.14. The van der Waals surface area contributed by atoms with Crippen LogP contribution in [0.4, 0.5) is 0 Å². The Balaban J connectivity index is 1.40. The standard InChI is InChI=1S/C41H30N2S/c1-3-28(30-15-7-5-8-16-30)25-29(4-2)37-27-38(43-41(42-37)31-17-9-6-10-18-31)34-20-12-11-19-33(34)32-23-24-40-36(26-32)35-21-13-14-22-39(35)44-40/h3-27H,1H2,2H3/b28-25+,29-4+. The van der Waals surface area contributed by atoms with Crippen molar-refractivity contribution in [1.29, 1.82) is 0 Å².